The van der Waals surface area contributed by atoms with Gasteiger partial charge in [0.15, 0.2) is 11.6 Å². The molecular formula is C24H23F2N5O2. The number of halogens is 2. The van der Waals surface area contributed by atoms with Gasteiger partial charge in [0.1, 0.15) is 23.4 Å². The highest BCUT2D eigenvalue weighted by atomic mass is 19.1. The fourth-order valence-corrected chi connectivity index (χ4v) is 4.10. The van der Waals surface area contributed by atoms with E-state index in [0.29, 0.717) is 30.0 Å². The van der Waals surface area contributed by atoms with Crippen LogP contribution in [-0.2, 0) is 0 Å². The first-order valence-corrected chi connectivity index (χ1v) is 10.5. The van der Waals surface area contributed by atoms with Gasteiger partial charge in [-0.1, -0.05) is 0 Å². The Morgan fingerprint density at radius 1 is 1.24 bits per heavy atom. The normalized spacial score (nSPS) is 15.9. The van der Waals surface area contributed by atoms with Crippen LogP contribution in [0.1, 0.15) is 34.6 Å². The molecule has 0 aliphatic carbocycles. The van der Waals surface area contributed by atoms with Crippen LogP contribution in [0.15, 0.2) is 36.4 Å². The number of hydrogen-bond acceptors (Lipinski definition) is 5. The van der Waals surface area contributed by atoms with Crippen LogP contribution in [0.5, 0.6) is 5.75 Å². The van der Waals surface area contributed by atoms with E-state index in [1.165, 1.54) is 31.4 Å². The molecule has 2 heterocycles. The molecule has 1 aromatic heterocycles. The SMILES string of the molecule is COc1ccc(-n2c(-c3ccc(C#N)c(F)c3)nc(C(=O)N3CCC[C@@H](N)C3)c2C)cc1F. The summed E-state index contributed by atoms with van der Waals surface area (Å²) >= 11 is 0. The number of imidazole rings is 1. The van der Waals surface area contributed by atoms with E-state index in [1.807, 2.05) is 0 Å². The van der Waals surface area contributed by atoms with Gasteiger partial charge in [-0.3, -0.25) is 9.36 Å². The molecule has 1 atom stereocenters. The van der Waals surface area contributed by atoms with Gasteiger partial charge in [0, 0.05) is 30.8 Å². The van der Waals surface area contributed by atoms with Crippen molar-refractivity contribution in [2.24, 2.45) is 5.73 Å². The van der Waals surface area contributed by atoms with E-state index in [9.17, 15) is 13.6 Å². The van der Waals surface area contributed by atoms with E-state index >= 15 is 0 Å². The van der Waals surface area contributed by atoms with Gasteiger partial charge in [-0.05, 0) is 50.1 Å². The summed E-state index contributed by atoms with van der Waals surface area (Å²) in [7, 11) is 1.37. The van der Waals surface area contributed by atoms with Crippen LogP contribution in [0.4, 0.5) is 8.78 Å². The average Bonchev–Trinajstić information content (AvgIpc) is 3.15. The van der Waals surface area contributed by atoms with Crippen LogP contribution >= 0.6 is 0 Å². The number of rotatable bonds is 4. The van der Waals surface area contributed by atoms with Crippen molar-refractivity contribution in [1.82, 2.24) is 14.5 Å². The van der Waals surface area contributed by atoms with Crippen molar-refractivity contribution in [3.8, 4) is 28.9 Å². The molecule has 170 valence electrons. The lowest BCUT2D eigenvalue weighted by Crippen LogP contribution is -2.46. The summed E-state index contributed by atoms with van der Waals surface area (Å²) in [6.07, 6.45) is 1.64. The molecule has 1 saturated heterocycles. The number of benzene rings is 2. The minimum atomic E-state index is -0.710. The van der Waals surface area contributed by atoms with Crippen molar-refractivity contribution in [1.29, 1.82) is 5.26 Å². The summed E-state index contributed by atoms with van der Waals surface area (Å²) in [6, 6.07) is 10.1. The number of likely N-dealkylation sites (tertiary alicyclic amines) is 1. The Kier molecular flexibility index (Phi) is 6.11. The average molecular weight is 451 g/mol. The molecule has 0 spiro atoms. The third-order valence-corrected chi connectivity index (χ3v) is 5.80. The van der Waals surface area contributed by atoms with Crippen LogP contribution in [0.25, 0.3) is 17.1 Å². The lowest BCUT2D eigenvalue weighted by atomic mass is 10.1. The predicted octanol–water partition coefficient (Wildman–Crippen LogP) is 3.57. The van der Waals surface area contributed by atoms with Gasteiger partial charge in [-0.25, -0.2) is 13.8 Å². The maximum Gasteiger partial charge on any atom is 0.274 e. The molecule has 2 N–H and O–H groups in total. The van der Waals surface area contributed by atoms with Crippen molar-refractivity contribution < 1.29 is 18.3 Å². The Morgan fingerprint density at radius 3 is 2.67 bits per heavy atom. The van der Waals surface area contributed by atoms with Gasteiger partial charge in [-0.2, -0.15) is 5.26 Å². The van der Waals surface area contributed by atoms with E-state index in [0.717, 1.165) is 12.8 Å². The Balaban J connectivity index is 1.88. The number of ether oxygens (including phenoxy) is 1. The molecule has 1 fully saturated rings. The molecule has 7 nitrogen and oxygen atoms in total. The number of carbonyl (C=O) groups is 1. The van der Waals surface area contributed by atoms with Crippen molar-refractivity contribution >= 4 is 5.91 Å². The second-order valence-electron chi connectivity index (χ2n) is 7.98. The van der Waals surface area contributed by atoms with Gasteiger partial charge in [0.05, 0.1) is 24.1 Å². The zero-order chi connectivity index (χ0) is 23.7. The molecule has 1 aliphatic heterocycles. The van der Waals surface area contributed by atoms with Crippen LogP contribution in [0.3, 0.4) is 0 Å². The first-order valence-electron chi connectivity index (χ1n) is 10.5. The summed E-state index contributed by atoms with van der Waals surface area (Å²) in [5.41, 5.74) is 7.33. The molecule has 2 aromatic carbocycles. The third kappa shape index (κ3) is 4.17. The Bertz CT molecular complexity index is 1260. The second-order valence-corrected chi connectivity index (χ2v) is 7.98. The molecule has 9 heteroatoms. The number of aromatic nitrogens is 2. The lowest BCUT2D eigenvalue weighted by Gasteiger charge is -2.30. The topological polar surface area (TPSA) is 97.2 Å². The molecule has 0 saturated carbocycles. The maximum absolute atomic E-state index is 14.5. The van der Waals surface area contributed by atoms with Gasteiger partial charge in [0.2, 0.25) is 0 Å². The first-order chi connectivity index (χ1) is 15.8. The highest BCUT2D eigenvalue weighted by Crippen LogP contribution is 2.30. The zero-order valence-corrected chi connectivity index (χ0v) is 18.3. The van der Waals surface area contributed by atoms with Crippen molar-refractivity contribution in [2.45, 2.75) is 25.8 Å². The van der Waals surface area contributed by atoms with Crippen molar-refractivity contribution in [2.75, 3.05) is 20.2 Å². The fourth-order valence-electron chi connectivity index (χ4n) is 4.10. The molecule has 0 bridgehead atoms. The minimum Gasteiger partial charge on any atom is -0.494 e. The molecule has 4 rings (SSSR count). The molecule has 0 unspecified atom stereocenters. The van der Waals surface area contributed by atoms with Crippen molar-refractivity contribution in [3.05, 3.63) is 65.0 Å². The number of nitrogens with two attached hydrogens (primary N) is 1. The smallest absolute Gasteiger partial charge is 0.274 e. The number of hydrogen-bond donors (Lipinski definition) is 1. The Hall–Kier alpha value is -3.77. The first kappa shape index (κ1) is 22.4. The summed E-state index contributed by atoms with van der Waals surface area (Å²) < 4.78 is 35.5. The fraction of sp³-hybridized carbons (Fsp3) is 0.292. The van der Waals surface area contributed by atoms with E-state index in [-0.39, 0.29) is 34.8 Å². The predicted molar refractivity (Wildman–Crippen MR) is 118 cm³/mol. The van der Waals surface area contributed by atoms with Crippen LogP contribution in [0, 0.1) is 29.9 Å². The van der Waals surface area contributed by atoms with Gasteiger partial charge in [-0.15, -0.1) is 0 Å². The third-order valence-electron chi connectivity index (χ3n) is 5.80. The maximum atomic E-state index is 14.5. The summed E-state index contributed by atoms with van der Waals surface area (Å²) in [5, 5.41) is 9.05. The number of nitriles is 1. The van der Waals surface area contributed by atoms with Gasteiger partial charge >= 0.3 is 0 Å². The van der Waals surface area contributed by atoms with E-state index in [4.69, 9.17) is 15.7 Å². The van der Waals surface area contributed by atoms with E-state index in [1.54, 1.807) is 34.6 Å². The lowest BCUT2D eigenvalue weighted by molar-refractivity contribution is 0.0702. The summed E-state index contributed by atoms with van der Waals surface area (Å²) in [4.78, 5) is 19.5. The molecule has 0 radical (unpaired) electrons. The second kappa shape index (κ2) is 9.00. The monoisotopic (exact) mass is 451 g/mol. The Morgan fingerprint density at radius 2 is 2.03 bits per heavy atom. The zero-order valence-electron chi connectivity index (χ0n) is 18.3. The minimum absolute atomic E-state index is 0.0705. The van der Waals surface area contributed by atoms with Crippen LogP contribution in [0.2, 0.25) is 0 Å². The molecular weight excluding hydrogens is 428 g/mol. The molecule has 1 amide bonds. The molecule has 33 heavy (non-hydrogen) atoms. The number of methoxy groups -OCH3 is 1. The van der Waals surface area contributed by atoms with Gasteiger partial charge < -0.3 is 15.4 Å². The van der Waals surface area contributed by atoms with Crippen LogP contribution < -0.4 is 10.5 Å². The highest BCUT2D eigenvalue weighted by molar-refractivity contribution is 5.94. The van der Waals surface area contributed by atoms with E-state index < -0.39 is 11.6 Å². The molecule has 3 aromatic rings. The Labute approximate surface area is 190 Å². The van der Waals surface area contributed by atoms with E-state index in [2.05, 4.69) is 4.98 Å². The highest BCUT2D eigenvalue weighted by Gasteiger charge is 2.28. The standard InChI is InChI=1S/C24H23F2N5O2/c1-14-22(24(32)30-9-3-4-17(28)13-30)29-23(15-5-6-16(12-27)19(25)10-15)31(14)18-7-8-21(33-2)20(26)11-18/h5-8,10-11,17H,3-4,9,13,28H2,1-2H3/t17-/m1/s1. The van der Waals surface area contributed by atoms with Crippen LogP contribution in [-0.4, -0.2) is 46.6 Å². The number of amides is 1. The van der Waals surface area contributed by atoms with Crippen molar-refractivity contribution in [3.63, 3.8) is 0 Å². The summed E-state index contributed by atoms with van der Waals surface area (Å²) in [6.45, 7) is 2.69. The summed E-state index contributed by atoms with van der Waals surface area (Å²) in [5.74, 6) is -1.26. The number of piperidine rings is 1. The molecule has 1 aliphatic rings. The number of nitrogens with zero attached hydrogens (tertiary/aromatic N) is 4. The number of carbonyl (C=O) groups excluding carboxylic acids is 1. The largest absolute Gasteiger partial charge is 0.494 e. The van der Waals surface area contributed by atoms with Gasteiger partial charge in [0.25, 0.3) is 5.91 Å². The quantitative estimate of drug-likeness (QED) is 0.654.